The summed E-state index contributed by atoms with van der Waals surface area (Å²) in [5, 5.41) is 4.20. The van der Waals surface area contributed by atoms with Crippen LogP contribution in [0, 0.1) is 6.92 Å². The van der Waals surface area contributed by atoms with Crippen molar-refractivity contribution in [1.82, 2.24) is 15.3 Å². The van der Waals surface area contributed by atoms with Crippen molar-refractivity contribution in [2.45, 2.75) is 24.9 Å². The number of benzene rings is 1. The molecule has 0 bridgehead atoms. The predicted octanol–water partition coefficient (Wildman–Crippen LogP) is 2.96. The van der Waals surface area contributed by atoms with E-state index in [-0.39, 0.29) is 0 Å². The number of fused-ring (bicyclic) bond motifs is 1. The Labute approximate surface area is 106 Å². The first kappa shape index (κ1) is 12.5. The molecule has 1 heterocycles. The van der Waals surface area contributed by atoms with Gasteiger partial charge in [0, 0.05) is 5.75 Å². The molecule has 0 amide bonds. The molecule has 0 radical (unpaired) electrons. The number of aromatic amines is 1. The molecule has 2 N–H and O–H groups in total. The van der Waals surface area contributed by atoms with E-state index < -0.39 is 0 Å². The van der Waals surface area contributed by atoms with Gasteiger partial charge in [0.1, 0.15) is 0 Å². The van der Waals surface area contributed by atoms with Gasteiger partial charge < -0.3 is 10.3 Å². The molecule has 0 aliphatic heterocycles. The van der Waals surface area contributed by atoms with Crippen molar-refractivity contribution in [2.24, 2.45) is 0 Å². The van der Waals surface area contributed by atoms with Gasteiger partial charge >= 0.3 is 0 Å². The average Bonchev–Trinajstić information content (AvgIpc) is 2.70. The molecule has 4 heteroatoms. The molecule has 3 nitrogen and oxygen atoms in total. The molecule has 0 unspecified atom stereocenters. The monoisotopic (exact) mass is 249 g/mol. The predicted molar refractivity (Wildman–Crippen MR) is 74.7 cm³/mol. The van der Waals surface area contributed by atoms with Crippen molar-refractivity contribution in [2.75, 3.05) is 19.3 Å². The normalized spacial score (nSPS) is 11.2. The molecule has 0 aliphatic rings. The topological polar surface area (TPSA) is 40.7 Å². The van der Waals surface area contributed by atoms with Crippen LogP contribution in [-0.2, 0) is 0 Å². The minimum absolute atomic E-state index is 1.04. The molecule has 2 aromatic rings. The van der Waals surface area contributed by atoms with E-state index in [9.17, 15) is 0 Å². The Kier molecular flexibility index (Phi) is 4.45. The second-order valence-electron chi connectivity index (χ2n) is 4.22. The van der Waals surface area contributed by atoms with E-state index in [1.807, 2.05) is 18.8 Å². The summed E-state index contributed by atoms with van der Waals surface area (Å²) in [6.07, 6.45) is 2.45. The number of hydrogen-bond acceptors (Lipinski definition) is 3. The highest BCUT2D eigenvalue weighted by Crippen LogP contribution is 2.20. The van der Waals surface area contributed by atoms with Gasteiger partial charge in [-0.25, -0.2) is 4.98 Å². The van der Waals surface area contributed by atoms with Gasteiger partial charge in [-0.15, -0.1) is 0 Å². The number of rotatable bonds is 6. The number of imidazole rings is 1. The highest BCUT2D eigenvalue weighted by Gasteiger charge is 2.02. The molecule has 0 saturated heterocycles. The summed E-state index contributed by atoms with van der Waals surface area (Å²) in [6.45, 7) is 3.20. The summed E-state index contributed by atoms with van der Waals surface area (Å²) in [6, 6.07) is 6.32. The van der Waals surface area contributed by atoms with Crippen LogP contribution in [0.4, 0.5) is 0 Å². The number of nitrogens with one attached hydrogen (secondary N) is 2. The molecule has 1 aromatic heterocycles. The molecular formula is C13H19N3S. The number of aryl methyl sites for hydroxylation is 1. The van der Waals surface area contributed by atoms with Crippen LogP contribution < -0.4 is 5.32 Å². The molecule has 0 saturated carbocycles. The standard InChI is InChI=1S/C13H19N3S/c1-10-5-6-11-12(9-10)16-13(15-11)17-8-4-3-7-14-2/h5-6,9,14H,3-4,7-8H2,1-2H3,(H,15,16). The maximum Gasteiger partial charge on any atom is 0.166 e. The molecule has 0 aliphatic carbocycles. The second-order valence-corrected chi connectivity index (χ2v) is 5.31. The van der Waals surface area contributed by atoms with Crippen LogP contribution in [0.15, 0.2) is 23.4 Å². The summed E-state index contributed by atoms with van der Waals surface area (Å²) < 4.78 is 0. The van der Waals surface area contributed by atoms with Crippen molar-refractivity contribution in [1.29, 1.82) is 0 Å². The molecule has 2 rings (SSSR count). The molecule has 0 atom stereocenters. The van der Waals surface area contributed by atoms with E-state index in [2.05, 4.69) is 40.4 Å². The lowest BCUT2D eigenvalue weighted by atomic mass is 10.2. The van der Waals surface area contributed by atoms with Crippen LogP contribution in [0.5, 0.6) is 0 Å². The summed E-state index contributed by atoms with van der Waals surface area (Å²) in [5.41, 5.74) is 3.47. The quantitative estimate of drug-likeness (QED) is 0.611. The van der Waals surface area contributed by atoms with Gasteiger partial charge in [-0.1, -0.05) is 17.8 Å². The van der Waals surface area contributed by atoms with Crippen LogP contribution in [-0.4, -0.2) is 29.3 Å². The molecule has 0 spiro atoms. The first-order chi connectivity index (χ1) is 8.29. The van der Waals surface area contributed by atoms with Crippen LogP contribution in [0.2, 0.25) is 0 Å². The number of nitrogens with zero attached hydrogens (tertiary/aromatic N) is 1. The van der Waals surface area contributed by atoms with Crippen molar-refractivity contribution in [3.05, 3.63) is 23.8 Å². The molecular weight excluding hydrogens is 230 g/mol. The summed E-state index contributed by atoms with van der Waals surface area (Å²) in [7, 11) is 1.99. The smallest absolute Gasteiger partial charge is 0.166 e. The third-order valence-electron chi connectivity index (χ3n) is 2.68. The van der Waals surface area contributed by atoms with E-state index in [1.165, 1.54) is 18.4 Å². The van der Waals surface area contributed by atoms with E-state index in [1.54, 1.807) is 0 Å². The Hall–Kier alpha value is -1.00. The van der Waals surface area contributed by atoms with E-state index in [0.717, 1.165) is 28.5 Å². The Balaban J connectivity index is 1.91. The van der Waals surface area contributed by atoms with Gasteiger partial charge in [-0.3, -0.25) is 0 Å². The minimum atomic E-state index is 1.04. The lowest BCUT2D eigenvalue weighted by Gasteiger charge is -1.98. The summed E-state index contributed by atoms with van der Waals surface area (Å²) >= 11 is 1.81. The maximum atomic E-state index is 4.56. The van der Waals surface area contributed by atoms with Crippen LogP contribution in [0.1, 0.15) is 18.4 Å². The van der Waals surface area contributed by atoms with E-state index in [0.29, 0.717) is 0 Å². The lowest BCUT2D eigenvalue weighted by Crippen LogP contribution is -2.07. The number of hydrogen-bond donors (Lipinski definition) is 2. The SMILES string of the molecule is CNCCCCSc1nc2ccc(C)cc2[nH]1. The van der Waals surface area contributed by atoms with Gasteiger partial charge in [-0.05, 0) is 51.1 Å². The Bertz CT molecular complexity index is 478. The maximum absolute atomic E-state index is 4.56. The minimum Gasteiger partial charge on any atom is -0.333 e. The zero-order valence-corrected chi connectivity index (χ0v) is 11.2. The Morgan fingerprint density at radius 1 is 1.35 bits per heavy atom. The largest absolute Gasteiger partial charge is 0.333 e. The fraction of sp³-hybridized carbons (Fsp3) is 0.462. The fourth-order valence-electron chi connectivity index (χ4n) is 1.74. The Morgan fingerprint density at radius 2 is 2.24 bits per heavy atom. The van der Waals surface area contributed by atoms with Gasteiger partial charge in [0.25, 0.3) is 0 Å². The first-order valence-corrected chi connectivity index (χ1v) is 7.02. The van der Waals surface area contributed by atoms with Crippen molar-refractivity contribution in [3.8, 4) is 0 Å². The lowest BCUT2D eigenvalue weighted by molar-refractivity contribution is 0.714. The van der Waals surface area contributed by atoms with Gasteiger partial charge in [0.15, 0.2) is 5.16 Å². The summed E-state index contributed by atoms with van der Waals surface area (Å²) in [4.78, 5) is 7.93. The zero-order valence-electron chi connectivity index (χ0n) is 10.4. The van der Waals surface area contributed by atoms with E-state index in [4.69, 9.17) is 0 Å². The van der Waals surface area contributed by atoms with Crippen molar-refractivity contribution >= 4 is 22.8 Å². The van der Waals surface area contributed by atoms with Crippen LogP contribution >= 0.6 is 11.8 Å². The highest BCUT2D eigenvalue weighted by atomic mass is 32.2. The number of aromatic nitrogens is 2. The summed E-state index contributed by atoms with van der Waals surface area (Å²) in [5.74, 6) is 1.13. The van der Waals surface area contributed by atoms with E-state index >= 15 is 0 Å². The third kappa shape index (κ3) is 3.48. The molecule has 0 fully saturated rings. The molecule has 1 aromatic carbocycles. The molecule has 92 valence electrons. The molecule has 17 heavy (non-hydrogen) atoms. The highest BCUT2D eigenvalue weighted by molar-refractivity contribution is 7.99. The van der Waals surface area contributed by atoms with Crippen LogP contribution in [0.3, 0.4) is 0 Å². The number of unbranched alkanes of at least 4 members (excludes halogenated alkanes) is 1. The number of thioether (sulfide) groups is 1. The fourth-order valence-corrected chi connectivity index (χ4v) is 2.63. The average molecular weight is 249 g/mol. The Morgan fingerprint density at radius 3 is 3.06 bits per heavy atom. The van der Waals surface area contributed by atoms with Gasteiger partial charge in [0.05, 0.1) is 11.0 Å². The van der Waals surface area contributed by atoms with Crippen LogP contribution in [0.25, 0.3) is 11.0 Å². The van der Waals surface area contributed by atoms with Gasteiger partial charge in [-0.2, -0.15) is 0 Å². The third-order valence-corrected chi connectivity index (χ3v) is 3.64. The zero-order chi connectivity index (χ0) is 12.1. The number of H-pyrrole nitrogens is 1. The van der Waals surface area contributed by atoms with Crippen molar-refractivity contribution in [3.63, 3.8) is 0 Å². The first-order valence-electron chi connectivity index (χ1n) is 6.03. The van der Waals surface area contributed by atoms with Crippen molar-refractivity contribution < 1.29 is 0 Å². The second kappa shape index (κ2) is 6.07. The van der Waals surface area contributed by atoms with Gasteiger partial charge in [0.2, 0.25) is 0 Å².